The standard InChI is InChI=1S/C11H20N4O2S/c1-3-9-13-6-10(15-9)18(16,17)14-8-11(2)4-5-12-7-11/h6,12,14H,3-5,7-8H2,1-2H3,(H,13,15). The molecule has 0 aliphatic carbocycles. The van der Waals surface area contributed by atoms with Crippen molar-refractivity contribution in [2.45, 2.75) is 31.7 Å². The van der Waals surface area contributed by atoms with Crippen LogP contribution in [0.1, 0.15) is 26.1 Å². The lowest BCUT2D eigenvalue weighted by Crippen LogP contribution is -2.37. The third kappa shape index (κ3) is 2.90. The van der Waals surface area contributed by atoms with E-state index in [1.165, 1.54) is 6.20 Å². The van der Waals surface area contributed by atoms with Gasteiger partial charge in [0.25, 0.3) is 10.0 Å². The molecular formula is C11H20N4O2S. The van der Waals surface area contributed by atoms with E-state index in [2.05, 4.69) is 26.9 Å². The van der Waals surface area contributed by atoms with Gasteiger partial charge in [0.2, 0.25) is 0 Å². The largest absolute Gasteiger partial charge is 0.332 e. The topological polar surface area (TPSA) is 86.9 Å². The number of aromatic amines is 1. The van der Waals surface area contributed by atoms with Gasteiger partial charge in [-0.1, -0.05) is 13.8 Å². The fourth-order valence-electron chi connectivity index (χ4n) is 2.03. The molecule has 6 nitrogen and oxygen atoms in total. The predicted octanol–water partition coefficient (Wildman–Crippen LogP) is 0.250. The van der Waals surface area contributed by atoms with Crippen molar-refractivity contribution in [1.29, 1.82) is 0 Å². The summed E-state index contributed by atoms with van der Waals surface area (Å²) < 4.78 is 26.8. The van der Waals surface area contributed by atoms with Gasteiger partial charge in [-0.05, 0) is 18.4 Å². The minimum Gasteiger partial charge on any atom is -0.332 e. The van der Waals surface area contributed by atoms with Gasteiger partial charge < -0.3 is 10.3 Å². The van der Waals surface area contributed by atoms with Crippen molar-refractivity contribution in [3.8, 4) is 0 Å². The number of imidazole rings is 1. The minimum absolute atomic E-state index is 0.000672. The molecule has 2 heterocycles. The molecule has 0 saturated carbocycles. The zero-order valence-electron chi connectivity index (χ0n) is 10.8. The number of nitrogens with zero attached hydrogens (tertiary/aromatic N) is 1. The Morgan fingerprint density at radius 2 is 2.33 bits per heavy atom. The third-order valence-corrected chi connectivity index (χ3v) is 4.69. The lowest BCUT2D eigenvalue weighted by Gasteiger charge is -2.22. The number of aryl methyl sites for hydroxylation is 1. The molecule has 0 radical (unpaired) electrons. The maximum atomic E-state index is 12.1. The van der Waals surface area contributed by atoms with Crippen LogP contribution < -0.4 is 10.0 Å². The fourth-order valence-corrected chi connectivity index (χ4v) is 3.16. The molecule has 1 atom stereocenters. The van der Waals surface area contributed by atoms with Crippen LogP contribution in [0.15, 0.2) is 11.2 Å². The van der Waals surface area contributed by atoms with Crippen LogP contribution in [0, 0.1) is 5.41 Å². The lowest BCUT2D eigenvalue weighted by molar-refractivity contribution is 0.363. The van der Waals surface area contributed by atoms with Crippen molar-refractivity contribution in [2.24, 2.45) is 5.41 Å². The van der Waals surface area contributed by atoms with Crippen LogP contribution >= 0.6 is 0 Å². The second-order valence-electron chi connectivity index (χ2n) is 5.11. The molecule has 3 N–H and O–H groups in total. The SMILES string of the molecule is CCc1ncc(S(=O)(=O)NCC2(C)CCNC2)[nH]1. The van der Waals surface area contributed by atoms with Gasteiger partial charge in [-0.2, -0.15) is 0 Å². The quantitative estimate of drug-likeness (QED) is 0.717. The molecule has 102 valence electrons. The van der Waals surface area contributed by atoms with Crippen molar-refractivity contribution >= 4 is 10.0 Å². The van der Waals surface area contributed by atoms with Gasteiger partial charge in [0, 0.05) is 19.5 Å². The van der Waals surface area contributed by atoms with Gasteiger partial charge in [-0.15, -0.1) is 0 Å². The van der Waals surface area contributed by atoms with Crippen molar-refractivity contribution in [3.63, 3.8) is 0 Å². The Morgan fingerprint density at radius 3 is 2.89 bits per heavy atom. The van der Waals surface area contributed by atoms with Gasteiger partial charge >= 0.3 is 0 Å². The second-order valence-corrected chi connectivity index (χ2v) is 6.85. The summed E-state index contributed by atoms with van der Waals surface area (Å²) in [5.41, 5.74) is 0.000672. The first-order valence-corrected chi connectivity index (χ1v) is 7.68. The molecule has 1 aliphatic heterocycles. The molecule has 0 aromatic carbocycles. The van der Waals surface area contributed by atoms with Crippen LogP contribution in [-0.4, -0.2) is 38.0 Å². The summed E-state index contributed by atoms with van der Waals surface area (Å²) in [4.78, 5) is 6.82. The molecule has 1 fully saturated rings. The van der Waals surface area contributed by atoms with Crippen molar-refractivity contribution < 1.29 is 8.42 Å². The maximum Gasteiger partial charge on any atom is 0.257 e. The first-order chi connectivity index (χ1) is 8.45. The Kier molecular flexibility index (Phi) is 3.74. The molecule has 0 amide bonds. The Morgan fingerprint density at radius 1 is 1.56 bits per heavy atom. The average Bonchev–Trinajstić information content (AvgIpc) is 2.96. The fraction of sp³-hybridized carbons (Fsp3) is 0.727. The Hall–Kier alpha value is -0.920. The Balaban J connectivity index is 2.03. The molecular weight excluding hydrogens is 252 g/mol. The number of hydrogen-bond donors (Lipinski definition) is 3. The molecule has 7 heteroatoms. The molecule has 1 aromatic rings. The normalized spacial score (nSPS) is 24.6. The Bertz CT molecular complexity index is 503. The summed E-state index contributed by atoms with van der Waals surface area (Å²) in [7, 11) is -3.47. The summed E-state index contributed by atoms with van der Waals surface area (Å²) in [6, 6.07) is 0. The highest BCUT2D eigenvalue weighted by Gasteiger charge is 2.30. The number of sulfonamides is 1. The van der Waals surface area contributed by atoms with E-state index in [9.17, 15) is 8.42 Å². The third-order valence-electron chi connectivity index (χ3n) is 3.38. The van der Waals surface area contributed by atoms with E-state index >= 15 is 0 Å². The van der Waals surface area contributed by atoms with E-state index in [0.29, 0.717) is 18.8 Å². The summed E-state index contributed by atoms with van der Waals surface area (Å²) in [6.07, 6.45) is 3.05. The average molecular weight is 272 g/mol. The zero-order valence-corrected chi connectivity index (χ0v) is 11.6. The summed E-state index contributed by atoms with van der Waals surface area (Å²) in [5, 5.41) is 3.39. The van der Waals surface area contributed by atoms with Gasteiger partial charge in [-0.3, -0.25) is 0 Å². The van der Waals surface area contributed by atoms with E-state index in [0.717, 1.165) is 19.5 Å². The van der Waals surface area contributed by atoms with E-state index in [1.54, 1.807) is 0 Å². The highest BCUT2D eigenvalue weighted by atomic mass is 32.2. The Labute approximate surface area is 108 Å². The molecule has 0 bridgehead atoms. The lowest BCUT2D eigenvalue weighted by atomic mass is 9.90. The van der Waals surface area contributed by atoms with Crippen LogP contribution in [0.4, 0.5) is 0 Å². The van der Waals surface area contributed by atoms with Crippen molar-refractivity contribution in [3.05, 3.63) is 12.0 Å². The number of H-pyrrole nitrogens is 1. The molecule has 1 aliphatic rings. The van der Waals surface area contributed by atoms with Crippen LogP contribution in [0.3, 0.4) is 0 Å². The highest BCUT2D eigenvalue weighted by Crippen LogP contribution is 2.23. The first-order valence-electron chi connectivity index (χ1n) is 6.19. The second kappa shape index (κ2) is 4.99. The van der Waals surface area contributed by atoms with Gasteiger partial charge in [0.05, 0.1) is 6.20 Å². The van der Waals surface area contributed by atoms with Gasteiger partial charge in [-0.25, -0.2) is 18.1 Å². The van der Waals surface area contributed by atoms with Crippen LogP contribution in [0.25, 0.3) is 0 Å². The van der Waals surface area contributed by atoms with E-state index in [4.69, 9.17) is 0 Å². The van der Waals surface area contributed by atoms with Gasteiger partial charge in [0.15, 0.2) is 5.03 Å². The van der Waals surface area contributed by atoms with E-state index in [-0.39, 0.29) is 10.4 Å². The number of hydrogen-bond acceptors (Lipinski definition) is 4. The summed E-state index contributed by atoms with van der Waals surface area (Å²) in [5.74, 6) is 0.684. The van der Waals surface area contributed by atoms with E-state index in [1.807, 2.05) is 6.92 Å². The highest BCUT2D eigenvalue weighted by molar-refractivity contribution is 7.89. The number of rotatable bonds is 5. The first kappa shape index (κ1) is 13.5. The minimum atomic E-state index is -3.47. The maximum absolute atomic E-state index is 12.1. The molecule has 18 heavy (non-hydrogen) atoms. The van der Waals surface area contributed by atoms with Crippen LogP contribution in [-0.2, 0) is 16.4 Å². The monoisotopic (exact) mass is 272 g/mol. The van der Waals surface area contributed by atoms with Crippen LogP contribution in [0.5, 0.6) is 0 Å². The zero-order chi connectivity index (χ0) is 13.2. The van der Waals surface area contributed by atoms with Crippen molar-refractivity contribution in [2.75, 3.05) is 19.6 Å². The summed E-state index contributed by atoms with van der Waals surface area (Å²) in [6.45, 7) is 6.25. The van der Waals surface area contributed by atoms with Crippen LogP contribution in [0.2, 0.25) is 0 Å². The summed E-state index contributed by atoms with van der Waals surface area (Å²) >= 11 is 0. The molecule has 2 rings (SSSR count). The molecule has 0 spiro atoms. The van der Waals surface area contributed by atoms with Gasteiger partial charge in [0.1, 0.15) is 5.82 Å². The smallest absolute Gasteiger partial charge is 0.257 e. The molecule has 1 aromatic heterocycles. The van der Waals surface area contributed by atoms with Crippen molar-refractivity contribution in [1.82, 2.24) is 20.0 Å². The number of nitrogens with one attached hydrogen (secondary N) is 3. The number of aromatic nitrogens is 2. The predicted molar refractivity (Wildman–Crippen MR) is 68.7 cm³/mol. The molecule has 1 unspecified atom stereocenters. The van der Waals surface area contributed by atoms with E-state index < -0.39 is 10.0 Å². The molecule has 1 saturated heterocycles.